The van der Waals surface area contributed by atoms with Crippen LogP contribution < -0.4 is 5.32 Å². The number of hydrogen-bond donors (Lipinski definition) is 2. The van der Waals surface area contributed by atoms with Crippen molar-refractivity contribution >= 4 is 23.5 Å². The maximum atomic E-state index is 8.75. The van der Waals surface area contributed by atoms with Crippen molar-refractivity contribution in [1.82, 2.24) is 5.32 Å². The highest BCUT2D eigenvalue weighted by molar-refractivity contribution is 7.79. The topological polar surface area (TPSA) is 32.3 Å². The molecule has 0 spiro atoms. The second-order valence-corrected chi connectivity index (χ2v) is 4.37. The minimum absolute atomic E-state index is 0.106. The lowest BCUT2D eigenvalue weighted by atomic mass is 10.1. The molecule has 1 aromatic carbocycles. The van der Waals surface area contributed by atoms with E-state index in [-0.39, 0.29) is 5.17 Å². The number of thiocarbonyl (C=S) groups is 1. The number of nitrogens with one attached hydrogen (secondary N) is 1. The maximum Gasteiger partial charge on any atom is 0.254 e. The van der Waals surface area contributed by atoms with Gasteiger partial charge in [-0.3, -0.25) is 0 Å². The van der Waals surface area contributed by atoms with Gasteiger partial charge in [0, 0.05) is 6.54 Å². The van der Waals surface area contributed by atoms with Gasteiger partial charge in [0.05, 0.1) is 0 Å². The monoisotopic (exact) mass is 249 g/mol. The average Bonchev–Trinajstić information content (AvgIpc) is 2.34. The van der Waals surface area contributed by atoms with Crippen molar-refractivity contribution in [3.8, 4) is 0 Å². The number of unbranched alkanes of at least 4 members (excludes halogenated alkanes) is 2. The number of aryl methyl sites for hydroxylation is 1. The third kappa shape index (κ3) is 6.07. The molecule has 0 heterocycles. The van der Waals surface area contributed by atoms with Crippen LogP contribution in [0.4, 0.5) is 0 Å². The van der Waals surface area contributed by atoms with E-state index in [9.17, 15) is 0 Å². The molecule has 2 N–H and O–H groups in total. The number of benzene rings is 1. The Labute approximate surface area is 108 Å². The van der Waals surface area contributed by atoms with E-state index in [2.05, 4.69) is 48.4 Å². The van der Waals surface area contributed by atoms with Gasteiger partial charge in [0.2, 0.25) is 0 Å². The van der Waals surface area contributed by atoms with Crippen molar-refractivity contribution in [2.24, 2.45) is 0 Å². The first-order valence-corrected chi connectivity index (χ1v) is 6.31. The Morgan fingerprint density at radius 3 is 2.53 bits per heavy atom. The molecule has 17 heavy (non-hydrogen) atoms. The summed E-state index contributed by atoms with van der Waals surface area (Å²) >= 11 is 4.51. The molecule has 0 atom stereocenters. The summed E-state index contributed by atoms with van der Waals surface area (Å²) in [5, 5.41) is 11.4. The molecule has 3 heteroatoms. The van der Waals surface area contributed by atoms with Gasteiger partial charge in [-0.05, 0) is 42.6 Å². The number of hydrogen-bond acceptors (Lipinski definition) is 1. The van der Waals surface area contributed by atoms with E-state index in [4.69, 9.17) is 5.11 Å². The molecule has 0 bridgehead atoms. The van der Waals surface area contributed by atoms with E-state index in [1.54, 1.807) is 0 Å². The Balaban J connectivity index is 2.13. The van der Waals surface area contributed by atoms with Gasteiger partial charge in [0.25, 0.3) is 5.17 Å². The van der Waals surface area contributed by atoms with E-state index >= 15 is 0 Å². The second kappa shape index (κ2) is 7.85. The van der Waals surface area contributed by atoms with Gasteiger partial charge in [-0.25, -0.2) is 0 Å². The Morgan fingerprint density at radius 2 is 1.94 bits per heavy atom. The lowest BCUT2D eigenvalue weighted by molar-refractivity contribution is 0.524. The van der Waals surface area contributed by atoms with E-state index < -0.39 is 0 Å². The Hall–Kier alpha value is -1.35. The Kier molecular flexibility index (Phi) is 6.33. The van der Waals surface area contributed by atoms with Crippen molar-refractivity contribution in [1.29, 1.82) is 0 Å². The number of aliphatic hydroxyl groups is 1. The van der Waals surface area contributed by atoms with Crippen LogP contribution in [-0.2, 0) is 6.42 Å². The Morgan fingerprint density at radius 1 is 1.24 bits per heavy atom. The third-order valence-electron chi connectivity index (χ3n) is 2.63. The molecule has 0 aromatic heterocycles. The molecule has 0 saturated carbocycles. The van der Waals surface area contributed by atoms with Crippen LogP contribution in [0.3, 0.4) is 0 Å². The van der Waals surface area contributed by atoms with Gasteiger partial charge in [-0.2, -0.15) is 0 Å². The minimum atomic E-state index is -0.106. The summed E-state index contributed by atoms with van der Waals surface area (Å²) in [6.45, 7) is 4.49. The predicted molar refractivity (Wildman–Crippen MR) is 77.3 cm³/mol. The summed E-state index contributed by atoms with van der Waals surface area (Å²) in [5.74, 6) is 0. The molecule has 0 aliphatic heterocycles. The van der Waals surface area contributed by atoms with Crippen LogP contribution in [0, 0.1) is 0 Å². The van der Waals surface area contributed by atoms with Crippen LogP contribution in [0.2, 0.25) is 0 Å². The fraction of sp³-hybridized carbons (Fsp3) is 0.357. The maximum absolute atomic E-state index is 8.75. The van der Waals surface area contributed by atoms with Crippen LogP contribution in [0.25, 0.3) is 6.08 Å². The summed E-state index contributed by atoms with van der Waals surface area (Å²) < 4.78 is 0. The molecule has 2 nitrogen and oxygen atoms in total. The predicted octanol–water partition coefficient (Wildman–Crippen LogP) is 3.47. The average molecular weight is 249 g/mol. The van der Waals surface area contributed by atoms with E-state index in [1.165, 1.54) is 5.56 Å². The zero-order chi connectivity index (χ0) is 12.5. The van der Waals surface area contributed by atoms with Crippen LogP contribution in [-0.4, -0.2) is 16.8 Å². The normalized spacial score (nSPS) is 9.88. The first-order valence-electron chi connectivity index (χ1n) is 5.90. The van der Waals surface area contributed by atoms with Crippen molar-refractivity contribution in [3.63, 3.8) is 0 Å². The highest BCUT2D eigenvalue weighted by Gasteiger charge is 1.95. The lowest BCUT2D eigenvalue weighted by Gasteiger charge is -2.04. The van der Waals surface area contributed by atoms with Gasteiger partial charge in [0.15, 0.2) is 0 Å². The fourth-order valence-corrected chi connectivity index (χ4v) is 1.75. The molecule has 0 aliphatic carbocycles. The largest absolute Gasteiger partial charge is 0.487 e. The van der Waals surface area contributed by atoms with Gasteiger partial charge in [-0.1, -0.05) is 43.3 Å². The van der Waals surface area contributed by atoms with Crippen LogP contribution >= 0.6 is 12.2 Å². The molecule has 0 radical (unpaired) electrons. The smallest absolute Gasteiger partial charge is 0.254 e. The molecular weight excluding hydrogens is 230 g/mol. The van der Waals surface area contributed by atoms with Crippen molar-refractivity contribution < 1.29 is 5.11 Å². The van der Waals surface area contributed by atoms with Gasteiger partial charge >= 0.3 is 0 Å². The number of aliphatic hydroxyl groups excluding tert-OH is 1. The molecule has 92 valence electrons. The quantitative estimate of drug-likeness (QED) is 0.573. The van der Waals surface area contributed by atoms with Gasteiger partial charge in [0.1, 0.15) is 0 Å². The van der Waals surface area contributed by atoms with Crippen molar-refractivity contribution in [3.05, 3.63) is 42.0 Å². The molecule has 1 rings (SSSR count). The zero-order valence-electron chi connectivity index (χ0n) is 9.98. The Bertz CT molecular complexity index is 359. The summed E-state index contributed by atoms with van der Waals surface area (Å²) in [4.78, 5) is 0. The first-order chi connectivity index (χ1) is 8.22. The lowest BCUT2D eigenvalue weighted by Crippen LogP contribution is -2.21. The molecule has 0 saturated heterocycles. The summed E-state index contributed by atoms with van der Waals surface area (Å²) in [6, 6.07) is 8.48. The highest BCUT2D eigenvalue weighted by atomic mass is 32.1. The van der Waals surface area contributed by atoms with Gasteiger partial charge in [-0.15, -0.1) is 0 Å². The van der Waals surface area contributed by atoms with Crippen molar-refractivity contribution in [2.75, 3.05) is 6.54 Å². The molecular formula is C14H19NOS. The van der Waals surface area contributed by atoms with E-state index in [0.29, 0.717) is 0 Å². The SMILES string of the molecule is C=Cc1ccc(CCCCCNC(O)=S)cc1. The standard InChI is InChI=1S/C14H19NOS/c1-2-12-7-9-13(10-8-12)6-4-3-5-11-15-14(16)17/h2,7-10H,1,3-6,11H2,(H2,15,16,17). The number of rotatable bonds is 7. The molecule has 0 unspecified atom stereocenters. The first kappa shape index (κ1) is 13.7. The minimum Gasteiger partial charge on any atom is -0.487 e. The zero-order valence-corrected chi connectivity index (χ0v) is 10.8. The molecule has 0 aliphatic rings. The summed E-state index contributed by atoms with van der Waals surface area (Å²) in [5.41, 5.74) is 2.52. The van der Waals surface area contributed by atoms with Crippen LogP contribution in [0.5, 0.6) is 0 Å². The van der Waals surface area contributed by atoms with E-state index in [0.717, 1.165) is 37.8 Å². The molecule has 1 aromatic rings. The highest BCUT2D eigenvalue weighted by Crippen LogP contribution is 2.09. The summed E-state index contributed by atoms with van der Waals surface area (Å²) in [6.07, 6.45) is 6.28. The fourth-order valence-electron chi connectivity index (χ4n) is 1.65. The van der Waals surface area contributed by atoms with Crippen LogP contribution in [0.15, 0.2) is 30.8 Å². The van der Waals surface area contributed by atoms with Crippen LogP contribution in [0.1, 0.15) is 30.4 Å². The molecule has 0 fully saturated rings. The third-order valence-corrected chi connectivity index (χ3v) is 2.78. The summed E-state index contributed by atoms with van der Waals surface area (Å²) in [7, 11) is 0. The second-order valence-electron chi connectivity index (χ2n) is 3.99. The molecule has 0 amide bonds. The van der Waals surface area contributed by atoms with E-state index in [1.807, 2.05) is 6.08 Å². The van der Waals surface area contributed by atoms with Crippen molar-refractivity contribution in [2.45, 2.75) is 25.7 Å². The van der Waals surface area contributed by atoms with Gasteiger partial charge < -0.3 is 10.4 Å².